The molecule has 0 aliphatic rings. The number of aryl methyl sites for hydroxylation is 2. The molecule has 0 bridgehead atoms. The van der Waals surface area contributed by atoms with Crippen molar-refractivity contribution >= 4 is 0 Å². The Morgan fingerprint density at radius 2 is 2.06 bits per heavy atom. The lowest BCUT2D eigenvalue weighted by Crippen LogP contribution is -1.93. The molecule has 0 spiro atoms. The summed E-state index contributed by atoms with van der Waals surface area (Å²) < 4.78 is 4.83. The van der Waals surface area contributed by atoms with Crippen LogP contribution in [0.4, 0.5) is 0 Å². The summed E-state index contributed by atoms with van der Waals surface area (Å²) in [6, 6.07) is 6.25. The summed E-state index contributed by atoms with van der Waals surface area (Å²) in [6.45, 7) is 3.95. The Hall–Kier alpha value is -1.68. The summed E-state index contributed by atoms with van der Waals surface area (Å²) in [5.74, 6) is 0.867. The second-order valence-electron chi connectivity index (χ2n) is 3.86. The third-order valence-electron chi connectivity index (χ3n) is 2.58. The summed E-state index contributed by atoms with van der Waals surface area (Å²) in [5, 5.41) is 12.6. The van der Waals surface area contributed by atoms with Crippen LogP contribution in [0.25, 0.3) is 0 Å². The Morgan fingerprint density at radius 3 is 2.69 bits per heavy atom. The van der Waals surface area contributed by atoms with Crippen molar-refractivity contribution in [3.05, 3.63) is 46.6 Å². The van der Waals surface area contributed by atoms with Gasteiger partial charge in [0.2, 0.25) is 0 Å². The van der Waals surface area contributed by atoms with Crippen LogP contribution < -0.4 is 0 Å². The molecule has 4 nitrogen and oxygen atoms in total. The van der Waals surface area contributed by atoms with E-state index in [1.165, 1.54) is 11.1 Å². The zero-order valence-corrected chi connectivity index (χ0v) is 9.40. The standard InChI is InChI=1S/C12H14N2O2/c1-8-3-4-10(5-9(8)2)6-11-13-12(7-15)16-14-11/h3-5,15H,6-7H2,1-2H3. The average Bonchev–Trinajstić information content (AvgIpc) is 2.71. The first kappa shape index (κ1) is 10.8. The van der Waals surface area contributed by atoms with Gasteiger partial charge in [-0.1, -0.05) is 23.4 Å². The van der Waals surface area contributed by atoms with E-state index in [-0.39, 0.29) is 12.5 Å². The number of hydrogen-bond acceptors (Lipinski definition) is 4. The lowest BCUT2D eigenvalue weighted by molar-refractivity contribution is 0.222. The van der Waals surface area contributed by atoms with Gasteiger partial charge in [-0.2, -0.15) is 4.98 Å². The third-order valence-corrected chi connectivity index (χ3v) is 2.58. The second kappa shape index (κ2) is 4.45. The monoisotopic (exact) mass is 218 g/mol. The highest BCUT2D eigenvalue weighted by molar-refractivity contribution is 5.31. The maximum absolute atomic E-state index is 8.80. The van der Waals surface area contributed by atoms with Crippen LogP contribution in [0.1, 0.15) is 28.4 Å². The van der Waals surface area contributed by atoms with Crippen LogP contribution >= 0.6 is 0 Å². The normalized spacial score (nSPS) is 10.7. The highest BCUT2D eigenvalue weighted by atomic mass is 16.5. The van der Waals surface area contributed by atoms with Crippen LogP contribution in [-0.4, -0.2) is 15.2 Å². The summed E-state index contributed by atoms with van der Waals surface area (Å²) in [5.41, 5.74) is 3.67. The number of rotatable bonds is 3. The lowest BCUT2D eigenvalue weighted by atomic mass is 10.0. The third kappa shape index (κ3) is 2.28. The van der Waals surface area contributed by atoms with E-state index in [4.69, 9.17) is 9.63 Å². The Balaban J connectivity index is 2.17. The van der Waals surface area contributed by atoms with E-state index in [0.717, 1.165) is 5.56 Å². The highest BCUT2D eigenvalue weighted by Crippen LogP contribution is 2.12. The molecule has 16 heavy (non-hydrogen) atoms. The van der Waals surface area contributed by atoms with Gasteiger partial charge in [0.15, 0.2) is 5.82 Å². The predicted molar refractivity (Wildman–Crippen MR) is 58.9 cm³/mol. The number of aliphatic hydroxyl groups is 1. The van der Waals surface area contributed by atoms with Crippen molar-refractivity contribution in [3.63, 3.8) is 0 Å². The number of aliphatic hydroxyl groups excluding tert-OH is 1. The molecule has 0 amide bonds. The van der Waals surface area contributed by atoms with Crippen LogP contribution in [0.15, 0.2) is 22.7 Å². The fourth-order valence-corrected chi connectivity index (χ4v) is 1.52. The van der Waals surface area contributed by atoms with Gasteiger partial charge in [0.1, 0.15) is 6.61 Å². The van der Waals surface area contributed by atoms with E-state index >= 15 is 0 Å². The fraction of sp³-hybridized carbons (Fsp3) is 0.333. The van der Waals surface area contributed by atoms with Crippen LogP contribution in [-0.2, 0) is 13.0 Å². The molecule has 4 heteroatoms. The zero-order chi connectivity index (χ0) is 11.5. The Labute approximate surface area is 93.9 Å². The van der Waals surface area contributed by atoms with Gasteiger partial charge < -0.3 is 9.63 Å². The molecule has 0 atom stereocenters. The SMILES string of the molecule is Cc1ccc(Cc2noc(CO)n2)cc1C. The maximum atomic E-state index is 8.80. The number of hydrogen-bond donors (Lipinski definition) is 1. The largest absolute Gasteiger partial charge is 0.387 e. The first-order chi connectivity index (χ1) is 7.69. The molecule has 0 unspecified atom stereocenters. The molecular weight excluding hydrogens is 204 g/mol. The average molecular weight is 218 g/mol. The first-order valence-corrected chi connectivity index (χ1v) is 5.17. The topological polar surface area (TPSA) is 59.2 Å². The minimum absolute atomic E-state index is 0.208. The van der Waals surface area contributed by atoms with Crippen molar-refractivity contribution in [2.75, 3.05) is 0 Å². The van der Waals surface area contributed by atoms with Gasteiger partial charge >= 0.3 is 0 Å². The Morgan fingerprint density at radius 1 is 1.25 bits per heavy atom. The molecule has 84 valence electrons. The Bertz CT molecular complexity index is 492. The van der Waals surface area contributed by atoms with E-state index in [9.17, 15) is 0 Å². The minimum atomic E-state index is -0.208. The smallest absolute Gasteiger partial charge is 0.252 e. The molecule has 1 N–H and O–H groups in total. The number of aromatic nitrogens is 2. The van der Waals surface area contributed by atoms with Gasteiger partial charge in [0.05, 0.1) is 0 Å². The van der Waals surface area contributed by atoms with Crippen LogP contribution in [0.2, 0.25) is 0 Å². The second-order valence-corrected chi connectivity index (χ2v) is 3.86. The van der Waals surface area contributed by atoms with Gasteiger partial charge in [-0.05, 0) is 30.5 Å². The van der Waals surface area contributed by atoms with E-state index < -0.39 is 0 Å². The number of nitrogens with zero attached hydrogens (tertiary/aromatic N) is 2. The predicted octanol–water partition coefficient (Wildman–Crippen LogP) is 1.77. The molecule has 0 fully saturated rings. The molecule has 2 aromatic rings. The maximum Gasteiger partial charge on any atom is 0.252 e. The quantitative estimate of drug-likeness (QED) is 0.853. The van der Waals surface area contributed by atoms with Crippen molar-refractivity contribution in [2.24, 2.45) is 0 Å². The van der Waals surface area contributed by atoms with E-state index in [1.807, 2.05) is 0 Å². The van der Waals surface area contributed by atoms with Gasteiger partial charge in [-0.25, -0.2) is 0 Å². The van der Waals surface area contributed by atoms with Crippen LogP contribution in [0, 0.1) is 13.8 Å². The van der Waals surface area contributed by atoms with Crippen molar-refractivity contribution < 1.29 is 9.63 Å². The molecule has 0 saturated carbocycles. The Kier molecular flexibility index (Phi) is 3.01. The van der Waals surface area contributed by atoms with Gasteiger partial charge in [0, 0.05) is 6.42 Å². The van der Waals surface area contributed by atoms with Crippen molar-refractivity contribution in [1.29, 1.82) is 0 Å². The molecule has 0 aliphatic carbocycles. The van der Waals surface area contributed by atoms with Gasteiger partial charge in [-0.3, -0.25) is 0 Å². The summed E-state index contributed by atoms with van der Waals surface area (Å²) in [4.78, 5) is 4.05. The molecule has 1 heterocycles. The summed E-state index contributed by atoms with van der Waals surface area (Å²) >= 11 is 0. The van der Waals surface area contributed by atoms with Gasteiger partial charge in [0.25, 0.3) is 5.89 Å². The van der Waals surface area contributed by atoms with Gasteiger partial charge in [-0.15, -0.1) is 0 Å². The van der Waals surface area contributed by atoms with E-state index in [0.29, 0.717) is 12.2 Å². The lowest BCUT2D eigenvalue weighted by Gasteiger charge is -2.02. The van der Waals surface area contributed by atoms with Crippen LogP contribution in [0.5, 0.6) is 0 Å². The fourth-order valence-electron chi connectivity index (χ4n) is 1.52. The molecule has 2 rings (SSSR count). The number of benzene rings is 1. The zero-order valence-electron chi connectivity index (χ0n) is 9.40. The van der Waals surface area contributed by atoms with E-state index in [2.05, 4.69) is 42.2 Å². The minimum Gasteiger partial charge on any atom is -0.387 e. The molecule has 1 aromatic heterocycles. The van der Waals surface area contributed by atoms with E-state index in [1.54, 1.807) is 0 Å². The molecule has 0 aliphatic heterocycles. The summed E-state index contributed by atoms with van der Waals surface area (Å²) in [6.07, 6.45) is 0.630. The van der Waals surface area contributed by atoms with Crippen molar-refractivity contribution in [3.8, 4) is 0 Å². The highest BCUT2D eigenvalue weighted by Gasteiger charge is 2.06. The van der Waals surface area contributed by atoms with Crippen molar-refractivity contribution in [1.82, 2.24) is 10.1 Å². The van der Waals surface area contributed by atoms with Crippen molar-refractivity contribution in [2.45, 2.75) is 26.9 Å². The molecular formula is C12H14N2O2. The molecule has 1 aromatic carbocycles. The summed E-state index contributed by atoms with van der Waals surface area (Å²) in [7, 11) is 0. The van der Waals surface area contributed by atoms with Crippen LogP contribution in [0.3, 0.4) is 0 Å². The first-order valence-electron chi connectivity index (χ1n) is 5.17. The molecule has 0 radical (unpaired) electrons. The molecule has 0 saturated heterocycles.